The summed E-state index contributed by atoms with van der Waals surface area (Å²) in [5.74, 6) is -0.367. The molecule has 0 saturated carbocycles. The van der Waals surface area contributed by atoms with E-state index in [0.717, 1.165) is 0 Å². The van der Waals surface area contributed by atoms with Gasteiger partial charge in [-0.15, -0.1) is 0 Å². The topological polar surface area (TPSA) is 94.8 Å². The Morgan fingerprint density at radius 3 is 3.12 bits per heavy atom. The summed E-state index contributed by atoms with van der Waals surface area (Å²) < 4.78 is 4.47. The molecule has 0 fully saturated rings. The zero-order valence-electron chi connectivity index (χ0n) is 8.89. The van der Waals surface area contributed by atoms with Crippen molar-refractivity contribution in [3.05, 3.63) is 0 Å². The molecule has 0 spiro atoms. The van der Waals surface area contributed by atoms with E-state index < -0.39 is 5.97 Å². The van der Waals surface area contributed by atoms with Crippen LogP contribution in [0, 0.1) is 11.5 Å². The number of rotatable bonds is 3. The molecule has 0 aliphatic carbocycles. The highest BCUT2D eigenvalue weighted by Gasteiger charge is 2.23. The first-order valence-corrected chi connectivity index (χ1v) is 4.75. The zero-order valence-corrected chi connectivity index (χ0v) is 8.89. The number of nitrogens with one attached hydrogen (secondary N) is 1. The number of aliphatic imine (C=N–C) groups is 1. The molecule has 1 amide bonds. The first kappa shape index (κ1) is 12.0. The Morgan fingerprint density at radius 1 is 1.75 bits per heavy atom. The lowest BCUT2D eigenvalue weighted by molar-refractivity contribution is -0.141. The number of nitriles is 1. The first-order chi connectivity index (χ1) is 7.69. The molecular weight excluding hydrogens is 212 g/mol. The van der Waals surface area contributed by atoms with Gasteiger partial charge in [-0.25, -0.2) is 0 Å². The fourth-order valence-electron chi connectivity index (χ4n) is 1.29. The van der Waals surface area contributed by atoms with Crippen molar-refractivity contribution in [2.45, 2.75) is 12.8 Å². The first-order valence-electron chi connectivity index (χ1n) is 4.75. The van der Waals surface area contributed by atoms with Gasteiger partial charge in [-0.3, -0.25) is 24.8 Å². The molecule has 0 saturated heterocycles. The van der Waals surface area contributed by atoms with Crippen molar-refractivity contribution in [1.82, 2.24) is 10.2 Å². The molecule has 1 N–H and O–H groups in total. The van der Waals surface area contributed by atoms with Crippen LogP contribution < -0.4 is 5.32 Å². The second-order valence-electron chi connectivity index (χ2n) is 3.06. The normalized spacial score (nSPS) is 15.1. The summed E-state index contributed by atoms with van der Waals surface area (Å²) >= 11 is 0. The van der Waals surface area contributed by atoms with Gasteiger partial charge in [-0.2, -0.15) is 5.26 Å². The van der Waals surface area contributed by atoms with Crippen molar-refractivity contribution in [2.75, 3.05) is 20.2 Å². The molecule has 7 nitrogen and oxygen atoms in total. The Morgan fingerprint density at radius 2 is 2.50 bits per heavy atom. The molecule has 86 valence electrons. The summed E-state index contributed by atoms with van der Waals surface area (Å²) in [4.78, 5) is 27.7. The number of carbonyl (C=O) groups is 2. The number of carbonyl (C=O) groups excluding carboxylic acids is 2. The highest BCUT2D eigenvalue weighted by Crippen LogP contribution is 2.04. The Kier molecular flexibility index (Phi) is 4.27. The van der Waals surface area contributed by atoms with Crippen LogP contribution in [0.4, 0.5) is 0 Å². The third-order valence-electron chi connectivity index (χ3n) is 2.08. The summed E-state index contributed by atoms with van der Waals surface area (Å²) in [5, 5.41) is 10.8. The molecule has 7 heteroatoms. The largest absolute Gasteiger partial charge is 0.469 e. The van der Waals surface area contributed by atoms with Gasteiger partial charge in [0.25, 0.3) is 0 Å². The smallest absolute Gasteiger partial charge is 0.307 e. The third kappa shape index (κ3) is 2.95. The lowest BCUT2D eigenvalue weighted by Gasteiger charge is -2.25. The van der Waals surface area contributed by atoms with Crippen LogP contribution in [0.25, 0.3) is 0 Å². The third-order valence-corrected chi connectivity index (χ3v) is 2.08. The highest BCUT2D eigenvalue weighted by molar-refractivity contribution is 5.99. The fraction of sp³-hybridized carbons (Fsp3) is 0.556. The molecule has 1 aliphatic heterocycles. The van der Waals surface area contributed by atoms with Gasteiger partial charge in [0.15, 0.2) is 6.19 Å². The SMILES string of the molecule is COC(=O)CCN1C(=O)CCN=C1NC#N. The van der Waals surface area contributed by atoms with Gasteiger partial charge in [0.2, 0.25) is 11.9 Å². The minimum Gasteiger partial charge on any atom is -0.469 e. The Bertz CT molecular complexity index is 358. The molecule has 1 aliphatic rings. The van der Waals surface area contributed by atoms with Gasteiger partial charge in [-0.1, -0.05) is 0 Å². The van der Waals surface area contributed by atoms with Gasteiger partial charge in [0, 0.05) is 13.0 Å². The van der Waals surface area contributed by atoms with Crippen molar-refractivity contribution in [1.29, 1.82) is 5.26 Å². The highest BCUT2D eigenvalue weighted by atomic mass is 16.5. The van der Waals surface area contributed by atoms with E-state index in [-0.39, 0.29) is 31.3 Å². The van der Waals surface area contributed by atoms with Gasteiger partial charge in [0.1, 0.15) is 0 Å². The molecule has 0 radical (unpaired) electrons. The minimum atomic E-state index is -0.408. The predicted octanol–water partition coefficient (Wildman–Crippen LogP) is -0.792. The lowest BCUT2D eigenvalue weighted by atomic mass is 10.3. The van der Waals surface area contributed by atoms with Crippen LogP contribution in [0.1, 0.15) is 12.8 Å². The molecule has 1 rings (SSSR count). The zero-order chi connectivity index (χ0) is 12.0. The van der Waals surface area contributed by atoms with Crippen molar-refractivity contribution in [3.8, 4) is 6.19 Å². The van der Waals surface area contributed by atoms with Crippen molar-refractivity contribution in [2.24, 2.45) is 4.99 Å². The van der Waals surface area contributed by atoms with E-state index in [1.165, 1.54) is 12.0 Å². The van der Waals surface area contributed by atoms with Crippen LogP contribution in [-0.4, -0.2) is 42.9 Å². The lowest BCUT2D eigenvalue weighted by Crippen LogP contribution is -2.47. The summed E-state index contributed by atoms with van der Waals surface area (Å²) in [5.41, 5.74) is 0. The summed E-state index contributed by atoms with van der Waals surface area (Å²) in [6.45, 7) is 0.524. The number of ether oxygens (including phenoxy) is 1. The van der Waals surface area contributed by atoms with Gasteiger partial charge < -0.3 is 4.74 Å². The van der Waals surface area contributed by atoms with Crippen LogP contribution in [0.5, 0.6) is 0 Å². The number of nitrogens with zero attached hydrogens (tertiary/aromatic N) is 3. The molecular formula is C9H12N4O3. The Balaban J connectivity index is 2.62. The summed E-state index contributed by atoms with van der Waals surface area (Å²) in [6, 6.07) is 0. The van der Waals surface area contributed by atoms with Crippen molar-refractivity contribution < 1.29 is 14.3 Å². The second kappa shape index (κ2) is 5.70. The summed E-state index contributed by atoms with van der Waals surface area (Å²) in [6.07, 6.45) is 2.07. The van der Waals surface area contributed by atoms with E-state index in [1.807, 2.05) is 0 Å². The molecule has 0 aromatic rings. The molecule has 0 atom stereocenters. The summed E-state index contributed by atoms with van der Waals surface area (Å²) in [7, 11) is 1.28. The number of hydrogen-bond acceptors (Lipinski definition) is 6. The number of guanidine groups is 1. The van der Waals surface area contributed by atoms with Crippen LogP contribution >= 0.6 is 0 Å². The molecule has 1 heterocycles. The van der Waals surface area contributed by atoms with E-state index in [4.69, 9.17) is 5.26 Å². The van der Waals surface area contributed by atoms with Gasteiger partial charge in [-0.05, 0) is 0 Å². The van der Waals surface area contributed by atoms with Gasteiger partial charge >= 0.3 is 5.97 Å². The maximum Gasteiger partial charge on any atom is 0.307 e. The van der Waals surface area contributed by atoms with Crippen molar-refractivity contribution in [3.63, 3.8) is 0 Å². The fourth-order valence-corrected chi connectivity index (χ4v) is 1.29. The number of methoxy groups -OCH3 is 1. The van der Waals surface area contributed by atoms with Crippen molar-refractivity contribution >= 4 is 17.8 Å². The number of hydrogen-bond donors (Lipinski definition) is 1. The average Bonchev–Trinajstić information content (AvgIpc) is 2.28. The molecule has 0 aromatic heterocycles. The second-order valence-corrected chi connectivity index (χ2v) is 3.06. The molecule has 0 unspecified atom stereocenters. The minimum absolute atomic E-state index is 0.0777. The maximum atomic E-state index is 11.5. The van der Waals surface area contributed by atoms with E-state index in [2.05, 4.69) is 15.0 Å². The molecule has 16 heavy (non-hydrogen) atoms. The van der Waals surface area contributed by atoms with Crippen LogP contribution in [0.2, 0.25) is 0 Å². The number of esters is 1. The molecule has 0 aromatic carbocycles. The van der Waals surface area contributed by atoms with E-state index in [1.54, 1.807) is 6.19 Å². The standard InChI is InChI=1S/C9H12N4O3/c1-16-8(15)3-5-13-7(14)2-4-11-9(13)12-6-10/h2-5H2,1H3,(H,11,12). The van der Waals surface area contributed by atoms with Gasteiger partial charge in [0.05, 0.1) is 20.1 Å². The predicted molar refractivity (Wildman–Crippen MR) is 54.0 cm³/mol. The Hall–Kier alpha value is -2.10. The maximum absolute atomic E-state index is 11.5. The monoisotopic (exact) mass is 224 g/mol. The molecule has 0 bridgehead atoms. The quantitative estimate of drug-likeness (QED) is 0.385. The van der Waals surface area contributed by atoms with Crippen LogP contribution in [0.15, 0.2) is 4.99 Å². The van der Waals surface area contributed by atoms with E-state index >= 15 is 0 Å². The van der Waals surface area contributed by atoms with E-state index in [9.17, 15) is 9.59 Å². The van der Waals surface area contributed by atoms with Crippen LogP contribution in [-0.2, 0) is 14.3 Å². The average molecular weight is 224 g/mol. The van der Waals surface area contributed by atoms with E-state index in [0.29, 0.717) is 6.54 Å². The Labute approximate surface area is 92.7 Å². The van der Waals surface area contributed by atoms with Crippen LogP contribution in [0.3, 0.4) is 0 Å². The number of amides is 1.